The lowest BCUT2D eigenvalue weighted by Gasteiger charge is -2.12. The highest BCUT2D eigenvalue weighted by Gasteiger charge is 2.05. The number of hydrogen-bond donors (Lipinski definition) is 2. The summed E-state index contributed by atoms with van der Waals surface area (Å²) in [6.45, 7) is 4.62. The van der Waals surface area contributed by atoms with E-state index < -0.39 is 0 Å². The van der Waals surface area contributed by atoms with Gasteiger partial charge in [0.25, 0.3) is 0 Å². The number of ether oxygens (including phenoxy) is 2. The number of hydrogen-bond acceptors (Lipinski definition) is 4. The van der Waals surface area contributed by atoms with Gasteiger partial charge in [-0.25, -0.2) is 0 Å². The van der Waals surface area contributed by atoms with Crippen molar-refractivity contribution in [1.29, 1.82) is 0 Å². The Hall–Kier alpha value is -3.47. The Morgan fingerprint density at radius 2 is 1.62 bits per heavy atom. The summed E-state index contributed by atoms with van der Waals surface area (Å²) in [6, 6.07) is 24.9. The summed E-state index contributed by atoms with van der Waals surface area (Å²) in [4.78, 5) is 12.2. The smallest absolute Gasteiger partial charge is 0.243 e. The zero-order chi connectivity index (χ0) is 20.5. The van der Waals surface area contributed by atoms with Crippen LogP contribution in [0.4, 0.5) is 11.4 Å². The Labute approximate surface area is 171 Å². The van der Waals surface area contributed by atoms with E-state index in [4.69, 9.17) is 9.47 Å². The largest absolute Gasteiger partial charge is 0.491 e. The van der Waals surface area contributed by atoms with Crippen LogP contribution in [0.15, 0.2) is 78.9 Å². The van der Waals surface area contributed by atoms with Crippen molar-refractivity contribution in [2.75, 3.05) is 17.2 Å². The van der Waals surface area contributed by atoms with Crippen molar-refractivity contribution in [3.63, 3.8) is 0 Å². The summed E-state index contributed by atoms with van der Waals surface area (Å²) in [7, 11) is 0. The van der Waals surface area contributed by atoms with E-state index in [9.17, 15) is 4.79 Å². The van der Waals surface area contributed by atoms with E-state index in [0.29, 0.717) is 18.0 Å². The molecule has 0 fully saturated rings. The third kappa shape index (κ3) is 6.88. The monoisotopic (exact) mass is 390 g/mol. The van der Waals surface area contributed by atoms with Crippen LogP contribution in [-0.4, -0.2) is 18.6 Å². The Kier molecular flexibility index (Phi) is 7.11. The average Bonchev–Trinajstić information content (AvgIpc) is 2.72. The molecule has 1 amide bonds. The van der Waals surface area contributed by atoms with E-state index in [-0.39, 0.29) is 18.6 Å². The molecule has 2 N–H and O–H groups in total. The minimum absolute atomic E-state index is 0.132. The SMILES string of the molecule is CC(C)Oc1ccc(NCC(=O)Nc2cccc(OCc3ccccc3)c2)cc1. The van der Waals surface area contributed by atoms with E-state index in [1.54, 1.807) is 0 Å². The van der Waals surface area contributed by atoms with Crippen LogP contribution in [0.25, 0.3) is 0 Å². The van der Waals surface area contributed by atoms with Crippen molar-refractivity contribution in [2.24, 2.45) is 0 Å². The topological polar surface area (TPSA) is 59.6 Å². The van der Waals surface area contributed by atoms with Crippen LogP contribution in [0, 0.1) is 0 Å². The predicted octanol–water partition coefficient (Wildman–Crippen LogP) is 5.10. The van der Waals surface area contributed by atoms with Gasteiger partial charge in [0, 0.05) is 17.4 Å². The van der Waals surface area contributed by atoms with Crippen molar-refractivity contribution in [2.45, 2.75) is 26.6 Å². The lowest BCUT2D eigenvalue weighted by Crippen LogP contribution is -2.21. The Morgan fingerprint density at radius 3 is 2.34 bits per heavy atom. The van der Waals surface area contributed by atoms with Crippen LogP contribution >= 0.6 is 0 Å². The van der Waals surface area contributed by atoms with Gasteiger partial charge in [0.05, 0.1) is 12.6 Å². The maximum Gasteiger partial charge on any atom is 0.243 e. The molecular weight excluding hydrogens is 364 g/mol. The summed E-state index contributed by atoms with van der Waals surface area (Å²) in [5.41, 5.74) is 2.65. The predicted molar refractivity (Wildman–Crippen MR) is 117 cm³/mol. The highest BCUT2D eigenvalue weighted by molar-refractivity contribution is 5.93. The van der Waals surface area contributed by atoms with Crippen LogP contribution in [0.1, 0.15) is 19.4 Å². The number of carbonyl (C=O) groups is 1. The molecule has 0 bridgehead atoms. The maximum absolute atomic E-state index is 12.2. The van der Waals surface area contributed by atoms with Gasteiger partial charge in [-0.05, 0) is 55.8 Å². The van der Waals surface area contributed by atoms with Gasteiger partial charge < -0.3 is 20.1 Å². The molecule has 3 aromatic carbocycles. The number of carbonyl (C=O) groups excluding carboxylic acids is 1. The fourth-order valence-electron chi connectivity index (χ4n) is 2.72. The fraction of sp³-hybridized carbons (Fsp3) is 0.208. The molecule has 0 heterocycles. The molecule has 29 heavy (non-hydrogen) atoms. The number of amides is 1. The van der Waals surface area contributed by atoms with Gasteiger partial charge in [0.1, 0.15) is 18.1 Å². The first-order chi connectivity index (χ1) is 14.1. The Morgan fingerprint density at radius 1 is 0.862 bits per heavy atom. The summed E-state index contributed by atoms with van der Waals surface area (Å²) >= 11 is 0. The second kappa shape index (κ2) is 10.2. The zero-order valence-corrected chi connectivity index (χ0v) is 16.7. The molecule has 3 aromatic rings. The van der Waals surface area contributed by atoms with Gasteiger partial charge in [0.2, 0.25) is 5.91 Å². The van der Waals surface area contributed by atoms with Crippen molar-refractivity contribution in [1.82, 2.24) is 0 Å². The molecule has 0 aliphatic carbocycles. The highest BCUT2D eigenvalue weighted by Crippen LogP contribution is 2.19. The summed E-state index contributed by atoms with van der Waals surface area (Å²) in [6.07, 6.45) is 0.132. The molecule has 3 rings (SSSR count). The Bertz CT molecular complexity index is 909. The van der Waals surface area contributed by atoms with Crippen molar-refractivity contribution >= 4 is 17.3 Å². The molecule has 0 aliphatic rings. The minimum atomic E-state index is -0.132. The van der Waals surface area contributed by atoms with Gasteiger partial charge in [-0.15, -0.1) is 0 Å². The quantitative estimate of drug-likeness (QED) is 0.533. The minimum Gasteiger partial charge on any atom is -0.491 e. The number of nitrogens with one attached hydrogen (secondary N) is 2. The first-order valence-electron chi connectivity index (χ1n) is 9.66. The maximum atomic E-state index is 12.2. The molecular formula is C24H26N2O3. The van der Waals surface area contributed by atoms with E-state index >= 15 is 0 Å². The van der Waals surface area contributed by atoms with Crippen LogP contribution < -0.4 is 20.1 Å². The number of benzene rings is 3. The van der Waals surface area contributed by atoms with Crippen LogP contribution in [0.5, 0.6) is 11.5 Å². The second-order valence-corrected chi connectivity index (χ2v) is 6.89. The van der Waals surface area contributed by atoms with Gasteiger partial charge in [-0.1, -0.05) is 36.4 Å². The molecule has 0 saturated carbocycles. The highest BCUT2D eigenvalue weighted by atomic mass is 16.5. The van der Waals surface area contributed by atoms with Gasteiger partial charge >= 0.3 is 0 Å². The number of rotatable bonds is 9. The summed E-state index contributed by atoms with van der Waals surface area (Å²) in [5, 5.41) is 5.99. The third-order valence-corrected chi connectivity index (χ3v) is 4.05. The lowest BCUT2D eigenvalue weighted by atomic mass is 10.2. The molecule has 0 unspecified atom stereocenters. The standard InChI is InChI=1S/C24H26N2O3/c1-18(2)29-22-13-11-20(12-14-22)25-16-24(27)26-21-9-6-10-23(15-21)28-17-19-7-4-3-5-8-19/h3-15,18,25H,16-17H2,1-2H3,(H,26,27). The van der Waals surface area contributed by atoms with E-state index in [1.807, 2.05) is 92.7 Å². The van der Waals surface area contributed by atoms with Crippen LogP contribution in [-0.2, 0) is 11.4 Å². The molecule has 5 nitrogen and oxygen atoms in total. The molecule has 150 valence electrons. The van der Waals surface area contributed by atoms with Crippen molar-refractivity contribution in [3.05, 3.63) is 84.4 Å². The lowest BCUT2D eigenvalue weighted by molar-refractivity contribution is -0.114. The van der Waals surface area contributed by atoms with Crippen LogP contribution in [0.2, 0.25) is 0 Å². The first kappa shape index (κ1) is 20.3. The van der Waals surface area contributed by atoms with E-state index in [2.05, 4.69) is 10.6 Å². The molecule has 0 spiro atoms. The van der Waals surface area contributed by atoms with Crippen molar-refractivity contribution < 1.29 is 14.3 Å². The molecule has 0 atom stereocenters. The van der Waals surface area contributed by atoms with Crippen LogP contribution in [0.3, 0.4) is 0 Å². The van der Waals surface area contributed by atoms with Crippen molar-refractivity contribution in [3.8, 4) is 11.5 Å². The summed E-state index contributed by atoms with van der Waals surface area (Å²) in [5.74, 6) is 1.38. The molecule has 5 heteroatoms. The van der Waals surface area contributed by atoms with E-state index in [0.717, 1.165) is 17.0 Å². The zero-order valence-electron chi connectivity index (χ0n) is 16.7. The molecule has 0 saturated heterocycles. The number of anilines is 2. The summed E-state index contributed by atoms with van der Waals surface area (Å²) < 4.78 is 11.4. The Balaban J connectivity index is 1.47. The fourth-order valence-corrected chi connectivity index (χ4v) is 2.72. The molecule has 0 aliphatic heterocycles. The van der Waals surface area contributed by atoms with E-state index in [1.165, 1.54) is 0 Å². The normalized spacial score (nSPS) is 10.4. The second-order valence-electron chi connectivity index (χ2n) is 6.89. The van der Waals surface area contributed by atoms with Gasteiger partial charge in [-0.2, -0.15) is 0 Å². The first-order valence-corrected chi connectivity index (χ1v) is 9.66. The molecule has 0 radical (unpaired) electrons. The van der Waals surface area contributed by atoms with Gasteiger partial charge in [0.15, 0.2) is 0 Å². The third-order valence-electron chi connectivity index (χ3n) is 4.05. The average molecular weight is 390 g/mol. The molecule has 0 aromatic heterocycles. The van der Waals surface area contributed by atoms with Gasteiger partial charge in [-0.3, -0.25) is 4.79 Å².